The lowest BCUT2D eigenvalue weighted by Crippen LogP contribution is -2.47. The van der Waals surface area contributed by atoms with Crippen LogP contribution in [-0.2, 0) is 14.8 Å². The maximum absolute atomic E-state index is 12.7. The fraction of sp³-hybridized carbons (Fsp3) is 0.455. The number of rotatable bonds is 6. The average molecular weight is 431 g/mol. The smallest absolute Gasteiger partial charge is 0.246 e. The number of para-hydroxylation sites is 1. The van der Waals surface area contributed by atoms with Gasteiger partial charge in [0.1, 0.15) is 0 Å². The van der Waals surface area contributed by atoms with Crippen LogP contribution in [0.4, 0.5) is 0 Å². The largest absolute Gasteiger partial charge is 0.339 e. The molecule has 1 saturated heterocycles. The first-order chi connectivity index (χ1) is 14.2. The van der Waals surface area contributed by atoms with Crippen LogP contribution in [0.3, 0.4) is 0 Å². The van der Waals surface area contributed by atoms with Crippen molar-refractivity contribution in [2.45, 2.75) is 39.7 Å². The number of likely N-dealkylation sites (tertiary alicyclic amines) is 1. The zero-order valence-corrected chi connectivity index (χ0v) is 18.9. The molecule has 1 amide bonds. The highest BCUT2D eigenvalue weighted by Crippen LogP contribution is 2.21. The van der Waals surface area contributed by atoms with Crippen molar-refractivity contribution in [1.82, 2.24) is 19.0 Å². The van der Waals surface area contributed by atoms with E-state index in [9.17, 15) is 13.2 Å². The van der Waals surface area contributed by atoms with Gasteiger partial charge in [0.25, 0.3) is 0 Å². The minimum atomic E-state index is -3.21. The molecular formula is C22H30N4O3S. The van der Waals surface area contributed by atoms with Crippen LogP contribution < -0.4 is 0 Å². The lowest BCUT2D eigenvalue weighted by atomic mass is 10.1. The second-order valence-corrected chi connectivity index (χ2v) is 9.96. The predicted molar refractivity (Wildman–Crippen MR) is 119 cm³/mol. The Morgan fingerprint density at radius 1 is 1.20 bits per heavy atom. The number of aryl methyl sites for hydroxylation is 1. The zero-order chi connectivity index (χ0) is 21.9. The van der Waals surface area contributed by atoms with Crippen molar-refractivity contribution < 1.29 is 13.2 Å². The van der Waals surface area contributed by atoms with Crippen LogP contribution in [0.2, 0.25) is 0 Å². The van der Waals surface area contributed by atoms with Crippen molar-refractivity contribution in [3.05, 3.63) is 53.4 Å². The van der Waals surface area contributed by atoms with Crippen LogP contribution in [0, 0.1) is 13.8 Å². The summed E-state index contributed by atoms with van der Waals surface area (Å²) in [5.74, 6) is 0.0431. The van der Waals surface area contributed by atoms with Gasteiger partial charge in [0.15, 0.2) is 0 Å². The highest BCUT2D eigenvalue weighted by Gasteiger charge is 2.29. The Morgan fingerprint density at radius 3 is 2.43 bits per heavy atom. The summed E-state index contributed by atoms with van der Waals surface area (Å²) in [4.78, 5) is 14.5. The Labute approximate surface area is 179 Å². The van der Waals surface area contributed by atoms with Gasteiger partial charge in [-0.05, 0) is 51.8 Å². The van der Waals surface area contributed by atoms with E-state index in [2.05, 4.69) is 5.10 Å². The Kier molecular flexibility index (Phi) is 6.77. The summed E-state index contributed by atoms with van der Waals surface area (Å²) in [6, 6.07) is 9.86. The number of hydrogen-bond acceptors (Lipinski definition) is 4. The van der Waals surface area contributed by atoms with Gasteiger partial charge >= 0.3 is 0 Å². The van der Waals surface area contributed by atoms with Gasteiger partial charge < -0.3 is 4.90 Å². The van der Waals surface area contributed by atoms with Gasteiger partial charge in [-0.15, -0.1) is 0 Å². The molecule has 162 valence electrons. The number of piperidine rings is 1. The van der Waals surface area contributed by atoms with Crippen LogP contribution in [0.15, 0.2) is 36.4 Å². The molecule has 0 bridgehead atoms. The summed E-state index contributed by atoms with van der Waals surface area (Å²) >= 11 is 0. The minimum Gasteiger partial charge on any atom is -0.339 e. The number of hydrogen-bond donors (Lipinski definition) is 0. The number of aromatic nitrogens is 2. The monoisotopic (exact) mass is 430 g/mol. The second kappa shape index (κ2) is 9.14. The van der Waals surface area contributed by atoms with E-state index in [-0.39, 0.29) is 17.7 Å². The summed E-state index contributed by atoms with van der Waals surface area (Å²) in [6.07, 6.45) is 4.73. The molecule has 8 heteroatoms. The number of amides is 1. The molecule has 2 heterocycles. The molecule has 1 aliphatic heterocycles. The zero-order valence-electron chi connectivity index (χ0n) is 18.1. The number of sulfonamides is 1. The molecule has 1 aromatic carbocycles. The van der Waals surface area contributed by atoms with Gasteiger partial charge in [-0.25, -0.2) is 17.4 Å². The third-order valence-corrected chi connectivity index (χ3v) is 7.74. The first kappa shape index (κ1) is 22.2. The molecule has 0 radical (unpaired) electrons. The van der Waals surface area contributed by atoms with Crippen molar-refractivity contribution in [3.63, 3.8) is 0 Å². The summed E-state index contributed by atoms with van der Waals surface area (Å²) < 4.78 is 27.5. The van der Waals surface area contributed by atoms with Gasteiger partial charge in [-0.1, -0.05) is 18.2 Å². The summed E-state index contributed by atoms with van der Waals surface area (Å²) in [5.41, 5.74) is 3.77. The Balaban J connectivity index is 1.66. The van der Waals surface area contributed by atoms with Crippen molar-refractivity contribution in [2.24, 2.45) is 0 Å². The highest BCUT2D eigenvalue weighted by molar-refractivity contribution is 7.89. The second-order valence-electron chi connectivity index (χ2n) is 7.64. The molecule has 0 aliphatic carbocycles. The topological polar surface area (TPSA) is 75.5 Å². The third-order valence-electron chi connectivity index (χ3n) is 5.83. The average Bonchev–Trinajstić information content (AvgIpc) is 3.05. The lowest BCUT2D eigenvalue weighted by Gasteiger charge is -2.35. The standard InChI is InChI=1S/C22H30N4O3S/c1-5-30(28,29)24(4)19-13-15-25(16-14-19)22(27)12-11-21-17(2)23-26(18(21)3)20-9-7-6-8-10-20/h6-12,19H,5,13-16H2,1-4H3/b12-11+. The molecule has 3 rings (SSSR count). The molecule has 1 fully saturated rings. The van der Waals surface area contributed by atoms with Crippen molar-refractivity contribution >= 4 is 22.0 Å². The van der Waals surface area contributed by atoms with Gasteiger partial charge in [0.05, 0.1) is 17.1 Å². The molecule has 0 unspecified atom stereocenters. The van der Waals surface area contributed by atoms with Gasteiger partial charge in [-0.3, -0.25) is 4.79 Å². The van der Waals surface area contributed by atoms with E-state index in [1.807, 2.05) is 54.9 Å². The van der Waals surface area contributed by atoms with E-state index in [0.717, 1.165) is 22.6 Å². The first-order valence-electron chi connectivity index (χ1n) is 10.3. The van der Waals surface area contributed by atoms with Crippen molar-refractivity contribution in [1.29, 1.82) is 0 Å². The fourth-order valence-corrected chi connectivity index (χ4v) is 4.93. The Bertz CT molecular complexity index is 1020. The summed E-state index contributed by atoms with van der Waals surface area (Å²) in [5, 5.41) is 4.61. The third kappa shape index (κ3) is 4.65. The lowest BCUT2D eigenvalue weighted by molar-refractivity contribution is -0.127. The van der Waals surface area contributed by atoms with E-state index >= 15 is 0 Å². The summed E-state index contributed by atoms with van der Waals surface area (Å²) in [7, 11) is -1.57. The molecule has 1 aliphatic rings. The number of carbonyl (C=O) groups is 1. The van der Waals surface area contributed by atoms with Gasteiger partial charge in [0, 0.05) is 43.5 Å². The molecular weight excluding hydrogens is 400 g/mol. The number of nitrogens with zero attached hydrogens (tertiary/aromatic N) is 4. The maximum atomic E-state index is 12.7. The molecule has 30 heavy (non-hydrogen) atoms. The molecule has 1 aromatic heterocycles. The quantitative estimate of drug-likeness (QED) is 0.661. The van der Waals surface area contributed by atoms with Crippen molar-refractivity contribution in [2.75, 3.05) is 25.9 Å². The van der Waals surface area contributed by atoms with Crippen LogP contribution in [0.5, 0.6) is 0 Å². The van der Waals surface area contributed by atoms with E-state index < -0.39 is 10.0 Å². The molecule has 0 saturated carbocycles. The Morgan fingerprint density at radius 2 is 1.83 bits per heavy atom. The van der Waals surface area contributed by atoms with Crippen LogP contribution in [0.25, 0.3) is 11.8 Å². The predicted octanol–water partition coefficient (Wildman–Crippen LogP) is 2.77. The van der Waals surface area contributed by atoms with E-state index in [0.29, 0.717) is 25.9 Å². The highest BCUT2D eigenvalue weighted by atomic mass is 32.2. The first-order valence-corrected chi connectivity index (χ1v) is 11.9. The fourth-order valence-electron chi connectivity index (χ4n) is 3.86. The van der Waals surface area contributed by atoms with Crippen LogP contribution >= 0.6 is 0 Å². The van der Waals surface area contributed by atoms with Gasteiger partial charge in [0.2, 0.25) is 15.9 Å². The summed E-state index contributed by atoms with van der Waals surface area (Å²) in [6.45, 7) is 6.69. The van der Waals surface area contributed by atoms with Crippen molar-refractivity contribution in [3.8, 4) is 5.69 Å². The van der Waals surface area contributed by atoms with Crippen LogP contribution in [0.1, 0.15) is 36.7 Å². The van der Waals surface area contributed by atoms with E-state index in [4.69, 9.17) is 0 Å². The molecule has 0 spiro atoms. The van der Waals surface area contributed by atoms with Crippen LogP contribution in [-0.4, -0.2) is 65.2 Å². The maximum Gasteiger partial charge on any atom is 0.246 e. The number of carbonyl (C=O) groups excluding carboxylic acids is 1. The minimum absolute atomic E-state index is 0.0448. The van der Waals surface area contributed by atoms with E-state index in [1.54, 1.807) is 24.9 Å². The molecule has 0 N–H and O–H groups in total. The molecule has 0 atom stereocenters. The molecule has 2 aromatic rings. The Hall–Kier alpha value is -2.45. The number of benzene rings is 1. The molecule has 7 nitrogen and oxygen atoms in total. The van der Waals surface area contributed by atoms with Gasteiger partial charge in [-0.2, -0.15) is 5.10 Å². The van der Waals surface area contributed by atoms with E-state index in [1.165, 1.54) is 4.31 Å². The SMILES string of the molecule is CCS(=O)(=O)N(C)C1CCN(C(=O)/C=C/c2c(C)nn(-c3ccccc3)c2C)CC1. The normalized spacial score (nSPS) is 16.0.